The third-order valence-electron chi connectivity index (χ3n) is 4.61. The fourth-order valence-electron chi connectivity index (χ4n) is 3.19. The quantitative estimate of drug-likeness (QED) is 0.201. The zero-order valence-electron chi connectivity index (χ0n) is 21.6. The van der Waals surface area contributed by atoms with Gasteiger partial charge in [-0.3, -0.25) is 19.2 Å². The van der Waals surface area contributed by atoms with Crippen LogP contribution < -0.4 is 5.32 Å². The molecule has 0 saturated carbocycles. The first kappa shape index (κ1) is 32.0. The SMILES string of the molecule is CC(=O)OCC1O[C@@H](OCC(C)(C)OC(=O)NCC(O)CO)C(OC(C)=O)C(OC(C)=O)[C@@H]1OC(C)=O. The summed E-state index contributed by atoms with van der Waals surface area (Å²) in [5.41, 5.74) is -1.30. The van der Waals surface area contributed by atoms with Gasteiger partial charge in [0.25, 0.3) is 0 Å². The zero-order chi connectivity index (χ0) is 28.3. The second-order valence-electron chi connectivity index (χ2n) is 8.75. The van der Waals surface area contributed by atoms with Crippen molar-refractivity contribution in [3.8, 4) is 0 Å². The van der Waals surface area contributed by atoms with Gasteiger partial charge in [0, 0.05) is 34.2 Å². The number of hydrogen-bond acceptors (Lipinski definition) is 14. The molecule has 0 aliphatic carbocycles. The molecule has 0 bridgehead atoms. The van der Waals surface area contributed by atoms with Crippen molar-refractivity contribution >= 4 is 30.0 Å². The lowest BCUT2D eigenvalue weighted by molar-refractivity contribution is -0.313. The lowest BCUT2D eigenvalue weighted by Gasteiger charge is -2.44. The number of alkyl carbamates (subject to hydrolysis) is 1. The number of aliphatic hydroxyl groups excluding tert-OH is 2. The summed E-state index contributed by atoms with van der Waals surface area (Å²) in [5.74, 6) is -3.03. The minimum Gasteiger partial charge on any atom is -0.463 e. The van der Waals surface area contributed by atoms with Crippen molar-refractivity contribution in [1.82, 2.24) is 5.32 Å². The first-order valence-corrected chi connectivity index (χ1v) is 11.3. The number of nitrogens with one attached hydrogen (secondary N) is 1. The van der Waals surface area contributed by atoms with Gasteiger partial charge in [0.05, 0.1) is 19.3 Å². The number of carbonyl (C=O) groups is 5. The number of amides is 1. The van der Waals surface area contributed by atoms with Gasteiger partial charge in [0.15, 0.2) is 24.6 Å². The van der Waals surface area contributed by atoms with Crippen molar-refractivity contribution < 1.29 is 67.3 Å². The Hall–Kier alpha value is -3.01. The van der Waals surface area contributed by atoms with Crippen molar-refractivity contribution in [2.75, 3.05) is 26.4 Å². The zero-order valence-corrected chi connectivity index (χ0v) is 21.6. The Bertz CT molecular complexity index is 815. The second-order valence-corrected chi connectivity index (χ2v) is 8.75. The fraction of sp³-hybridized carbons (Fsp3) is 0.773. The van der Waals surface area contributed by atoms with E-state index in [0.717, 1.165) is 27.7 Å². The number of aliphatic hydroxyl groups is 2. The molecule has 1 amide bonds. The maximum absolute atomic E-state index is 12.0. The Labute approximate surface area is 213 Å². The Morgan fingerprint density at radius 3 is 1.95 bits per heavy atom. The molecule has 0 aromatic carbocycles. The smallest absolute Gasteiger partial charge is 0.407 e. The first-order chi connectivity index (χ1) is 17.1. The van der Waals surface area contributed by atoms with E-state index in [0.29, 0.717) is 0 Å². The summed E-state index contributed by atoms with van der Waals surface area (Å²) in [6.45, 7) is 5.82. The largest absolute Gasteiger partial charge is 0.463 e. The summed E-state index contributed by atoms with van der Waals surface area (Å²) in [6.07, 6.45) is -8.89. The van der Waals surface area contributed by atoms with Crippen molar-refractivity contribution in [3.63, 3.8) is 0 Å². The molecule has 1 aliphatic rings. The van der Waals surface area contributed by atoms with Crippen LogP contribution in [0.25, 0.3) is 0 Å². The molecule has 0 aromatic rings. The van der Waals surface area contributed by atoms with Crippen LogP contribution in [0.2, 0.25) is 0 Å². The maximum atomic E-state index is 12.0. The summed E-state index contributed by atoms with van der Waals surface area (Å²) in [5, 5.41) is 20.4. The normalized spacial score (nSPS) is 24.3. The average Bonchev–Trinajstić information content (AvgIpc) is 2.76. The third kappa shape index (κ3) is 11.7. The van der Waals surface area contributed by atoms with E-state index < -0.39 is 85.6 Å². The molecule has 1 fully saturated rings. The predicted molar refractivity (Wildman–Crippen MR) is 120 cm³/mol. The third-order valence-corrected chi connectivity index (χ3v) is 4.61. The van der Waals surface area contributed by atoms with Crippen LogP contribution >= 0.6 is 0 Å². The van der Waals surface area contributed by atoms with Gasteiger partial charge in [-0.2, -0.15) is 0 Å². The minimum atomic E-state index is -1.44. The highest BCUT2D eigenvalue weighted by atomic mass is 16.7. The van der Waals surface area contributed by atoms with E-state index in [9.17, 15) is 29.1 Å². The Morgan fingerprint density at radius 2 is 1.43 bits per heavy atom. The van der Waals surface area contributed by atoms with E-state index in [1.807, 2.05) is 0 Å². The average molecular weight is 538 g/mol. The van der Waals surface area contributed by atoms with E-state index in [1.54, 1.807) is 0 Å². The Morgan fingerprint density at radius 1 is 0.892 bits per heavy atom. The molecule has 1 heterocycles. The number of ether oxygens (including phenoxy) is 7. The highest BCUT2D eigenvalue weighted by molar-refractivity contribution is 5.69. The summed E-state index contributed by atoms with van der Waals surface area (Å²) < 4.78 is 37.7. The Kier molecular flexibility index (Phi) is 12.7. The number of carbonyl (C=O) groups excluding carboxylic acids is 5. The van der Waals surface area contributed by atoms with Gasteiger partial charge in [-0.05, 0) is 13.8 Å². The summed E-state index contributed by atoms with van der Waals surface area (Å²) >= 11 is 0. The highest BCUT2D eigenvalue weighted by Crippen LogP contribution is 2.30. The molecule has 15 nitrogen and oxygen atoms in total. The first-order valence-electron chi connectivity index (χ1n) is 11.3. The summed E-state index contributed by atoms with van der Waals surface area (Å²) in [4.78, 5) is 58.9. The number of rotatable bonds is 12. The molecule has 1 rings (SSSR count). The molecule has 0 radical (unpaired) electrons. The van der Waals surface area contributed by atoms with Crippen LogP contribution in [0.15, 0.2) is 0 Å². The van der Waals surface area contributed by atoms with Crippen molar-refractivity contribution in [2.24, 2.45) is 0 Å². The molecular weight excluding hydrogens is 502 g/mol. The molecule has 15 heteroatoms. The molecule has 3 N–H and O–H groups in total. The van der Waals surface area contributed by atoms with Crippen molar-refractivity contribution in [1.29, 1.82) is 0 Å². The van der Waals surface area contributed by atoms with E-state index in [4.69, 9.17) is 38.3 Å². The van der Waals surface area contributed by atoms with Crippen LogP contribution in [0.5, 0.6) is 0 Å². The van der Waals surface area contributed by atoms with E-state index in [2.05, 4.69) is 5.32 Å². The van der Waals surface area contributed by atoms with Gasteiger partial charge in [-0.25, -0.2) is 4.79 Å². The molecule has 0 spiro atoms. The molecular formula is C22H35NO14. The number of esters is 4. The van der Waals surface area contributed by atoms with Gasteiger partial charge in [-0.15, -0.1) is 0 Å². The van der Waals surface area contributed by atoms with Crippen LogP contribution in [0, 0.1) is 0 Å². The van der Waals surface area contributed by atoms with Crippen LogP contribution in [0.3, 0.4) is 0 Å². The molecule has 1 aliphatic heterocycles. The van der Waals surface area contributed by atoms with Crippen LogP contribution in [0.1, 0.15) is 41.5 Å². The lowest BCUT2D eigenvalue weighted by Crippen LogP contribution is -2.63. The minimum absolute atomic E-state index is 0.258. The fourth-order valence-corrected chi connectivity index (χ4v) is 3.19. The van der Waals surface area contributed by atoms with Crippen LogP contribution in [0.4, 0.5) is 4.79 Å². The molecule has 37 heavy (non-hydrogen) atoms. The van der Waals surface area contributed by atoms with Crippen molar-refractivity contribution in [3.05, 3.63) is 0 Å². The van der Waals surface area contributed by atoms with E-state index in [1.165, 1.54) is 13.8 Å². The van der Waals surface area contributed by atoms with Gasteiger partial charge in [-0.1, -0.05) is 0 Å². The molecule has 0 aromatic heterocycles. The molecule has 212 valence electrons. The second kappa shape index (κ2) is 14.7. The van der Waals surface area contributed by atoms with Crippen LogP contribution in [-0.4, -0.2) is 109 Å². The monoisotopic (exact) mass is 537 g/mol. The standard InChI is InChI=1S/C22H35NO14/c1-11(25)31-9-16-17(33-12(2)26)18(34-13(3)27)19(35-14(4)28)20(36-16)32-10-22(5,6)37-21(30)23-7-15(29)8-24/h15-20,24,29H,7-10H2,1-6H3,(H,23,30)/t15?,16?,17-,18?,19?,20-/m1/s1. The maximum Gasteiger partial charge on any atom is 0.407 e. The van der Waals surface area contributed by atoms with Crippen LogP contribution in [-0.2, 0) is 52.3 Å². The molecule has 4 unspecified atom stereocenters. The van der Waals surface area contributed by atoms with Gasteiger partial charge in [0.1, 0.15) is 18.3 Å². The van der Waals surface area contributed by atoms with Gasteiger partial charge in [0.2, 0.25) is 0 Å². The molecule has 6 atom stereocenters. The predicted octanol–water partition coefficient (Wildman–Crippen LogP) is -1.06. The number of hydrogen-bond donors (Lipinski definition) is 3. The topological polar surface area (TPSA) is 202 Å². The lowest BCUT2D eigenvalue weighted by atomic mass is 9.98. The Balaban J connectivity index is 3.15. The molecule has 1 saturated heterocycles. The highest BCUT2D eigenvalue weighted by Gasteiger charge is 2.53. The van der Waals surface area contributed by atoms with E-state index in [-0.39, 0.29) is 13.2 Å². The van der Waals surface area contributed by atoms with Gasteiger partial charge < -0.3 is 48.7 Å². The summed E-state index contributed by atoms with van der Waals surface area (Å²) in [6, 6.07) is 0. The van der Waals surface area contributed by atoms with Crippen molar-refractivity contribution in [2.45, 2.75) is 84.0 Å². The van der Waals surface area contributed by atoms with E-state index >= 15 is 0 Å². The van der Waals surface area contributed by atoms with Gasteiger partial charge >= 0.3 is 30.0 Å². The summed E-state index contributed by atoms with van der Waals surface area (Å²) in [7, 11) is 0.